The number of nitrogens with zero attached hydrogens (tertiary/aromatic N) is 3. The van der Waals surface area contributed by atoms with Crippen LogP contribution in [0.25, 0.3) is 0 Å². The van der Waals surface area contributed by atoms with E-state index in [9.17, 15) is 5.11 Å². The summed E-state index contributed by atoms with van der Waals surface area (Å²) < 4.78 is 5.29. The fourth-order valence-corrected chi connectivity index (χ4v) is 1.64. The van der Waals surface area contributed by atoms with Crippen LogP contribution in [-0.2, 0) is 0 Å². The SMILES string of the molecule is CCOc1ccnc(N2CCC(O)C2)n1. The fraction of sp³-hybridized carbons (Fsp3) is 0.600. The molecule has 5 heteroatoms. The van der Waals surface area contributed by atoms with Crippen LogP contribution in [0.15, 0.2) is 12.3 Å². The molecule has 0 aromatic carbocycles. The number of aliphatic hydroxyl groups excluding tert-OH is 1. The molecule has 1 aromatic rings. The van der Waals surface area contributed by atoms with E-state index in [-0.39, 0.29) is 6.10 Å². The normalized spacial score (nSPS) is 20.7. The van der Waals surface area contributed by atoms with E-state index in [4.69, 9.17) is 4.74 Å². The van der Waals surface area contributed by atoms with E-state index >= 15 is 0 Å². The quantitative estimate of drug-likeness (QED) is 0.783. The second-order valence-corrected chi connectivity index (χ2v) is 3.52. The zero-order chi connectivity index (χ0) is 10.7. The van der Waals surface area contributed by atoms with Crippen molar-refractivity contribution in [2.75, 3.05) is 24.6 Å². The van der Waals surface area contributed by atoms with E-state index in [1.54, 1.807) is 12.3 Å². The van der Waals surface area contributed by atoms with E-state index in [0.717, 1.165) is 13.0 Å². The summed E-state index contributed by atoms with van der Waals surface area (Å²) in [7, 11) is 0. The lowest BCUT2D eigenvalue weighted by Gasteiger charge is -2.15. The third-order valence-electron chi connectivity index (χ3n) is 2.36. The first-order valence-corrected chi connectivity index (χ1v) is 5.18. The molecule has 1 atom stereocenters. The molecule has 0 spiro atoms. The van der Waals surface area contributed by atoms with Gasteiger partial charge in [0.2, 0.25) is 11.8 Å². The van der Waals surface area contributed by atoms with Crippen molar-refractivity contribution in [2.24, 2.45) is 0 Å². The number of hydrogen-bond acceptors (Lipinski definition) is 5. The summed E-state index contributed by atoms with van der Waals surface area (Å²) in [5.74, 6) is 1.22. The van der Waals surface area contributed by atoms with Gasteiger partial charge in [-0.25, -0.2) is 4.98 Å². The van der Waals surface area contributed by atoms with Crippen LogP contribution in [0.1, 0.15) is 13.3 Å². The Hall–Kier alpha value is -1.36. The highest BCUT2D eigenvalue weighted by Gasteiger charge is 2.22. The Morgan fingerprint density at radius 2 is 2.53 bits per heavy atom. The van der Waals surface area contributed by atoms with Crippen molar-refractivity contribution in [1.82, 2.24) is 9.97 Å². The molecule has 2 heterocycles. The van der Waals surface area contributed by atoms with Crippen molar-refractivity contribution in [3.05, 3.63) is 12.3 Å². The van der Waals surface area contributed by atoms with Gasteiger partial charge in [-0.1, -0.05) is 0 Å². The number of ether oxygens (including phenoxy) is 1. The molecule has 15 heavy (non-hydrogen) atoms. The van der Waals surface area contributed by atoms with E-state index < -0.39 is 0 Å². The maximum Gasteiger partial charge on any atom is 0.228 e. The van der Waals surface area contributed by atoms with Crippen LogP contribution in [0.3, 0.4) is 0 Å². The molecule has 1 aliphatic heterocycles. The molecule has 0 amide bonds. The molecule has 0 aliphatic carbocycles. The molecule has 1 saturated heterocycles. The molecule has 0 saturated carbocycles. The second-order valence-electron chi connectivity index (χ2n) is 3.52. The van der Waals surface area contributed by atoms with Crippen molar-refractivity contribution < 1.29 is 9.84 Å². The summed E-state index contributed by atoms with van der Waals surface area (Å²) >= 11 is 0. The summed E-state index contributed by atoms with van der Waals surface area (Å²) in [6.45, 7) is 3.92. The summed E-state index contributed by atoms with van der Waals surface area (Å²) in [6, 6.07) is 1.74. The minimum atomic E-state index is -0.260. The van der Waals surface area contributed by atoms with Crippen molar-refractivity contribution in [3.8, 4) is 5.88 Å². The Labute approximate surface area is 88.7 Å². The van der Waals surface area contributed by atoms with Gasteiger partial charge in [0.15, 0.2) is 0 Å². The van der Waals surface area contributed by atoms with Gasteiger partial charge in [-0.3, -0.25) is 0 Å². The first-order valence-electron chi connectivity index (χ1n) is 5.18. The maximum atomic E-state index is 9.41. The largest absolute Gasteiger partial charge is 0.478 e. The molecule has 1 unspecified atom stereocenters. The Balaban J connectivity index is 2.10. The van der Waals surface area contributed by atoms with Gasteiger partial charge in [0.05, 0.1) is 12.7 Å². The van der Waals surface area contributed by atoms with Crippen LogP contribution in [0.5, 0.6) is 5.88 Å². The molecular formula is C10H15N3O2. The second kappa shape index (κ2) is 4.44. The number of aromatic nitrogens is 2. The van der Waals surface area contributed by atoms with Gasteiger partial charge in [0.25, 0.3) is 0 Å². The van der Waals surface area contributed by atoms with E-state index in [0.29, 0.717) is 25.0 Å². The van der Waals surface area contributed by atoms with Gasteiger partial charge in [-0.05, 0) is 13.3 Å². The molecule has 2 rings (SSSR count). The number of rotatable bonds is 3. The molecule has 1 aliphatic rings. The highest BCUT2D eigenvalue weighted by molar-refractivity contribution is 5.33. The van der Waals surface area contributed by atoms with Gasteiger partial charge in [0.1, 0.15) is 0 Å². The van der Waals surface area contributed by atoms with Gasteiger partial charge in [-0.15, -0.1) is 0 Å². The van der Waals surface area contributed by atoms with Crippen molar-refractivity contribution >= 4 is 5.95 Å². The predicted molar refractivity (Wildman–Crippen MR) is 56.0 cm³/mol. The van der Waals surface area contributed by atoms with Crippen molar-refractivity contribution in [3.63, 3.8) is 0 Å². The lowest BCUT2D eigenvalue weighted by molar-refractivity contribution is 0.198. The molecule has 1 fully saturated rings. The standard InChI is InChI=1S/C10H15N3O2/c1-2-15-9-3-5-11-10(12-9)13-6-4-8(14)7-13/h3,5,8,14H,2,4,6-7H2,1H3. The fourth-order valence-electron chi connectivity index (χ4n) is 1.64. The number of aliphatic hydroxyl groups is 1. The molecule has 1 N–H and O–H groups in total. The lowest BCUT2D eigenvalue weighted by atomic mass is 10.3. The summed E-state index contributed by atoms with van der Waals surface area (Å²) in [5, 5.41) is 9.41. The topological polar surface area (TPSA) is 58.5 Å². The van der Waals surface area contributed by atoms with Crippen LogP contribution >= 0.6 is 0 Å². The highest BCUT2D eigenvalue weighted by Crippen LogP contribution is 2.17. The van der Waals surface area contributed by atoms with Gasteiger partial charge in [0, 0.05) is 25.4 Å². The number of hydrogen-bond donors (Lipinski definition) is 1. The first kappa shape index (κ1) is 10.2. The maximum absolute atomic E-state index is 9.41. The molecule has 82 valence electrons. The summed E-state index contributed by atoms with van der Waals surface area (Å²) in [6.07, 6.45) is 2.20. The third-order valence-corrected chi connectivity index (χ3v) is 2.36. The zero-order valence-electron chi connectivity index (χ0n) is 8.76. The summed E-state index contributed by atoms with van der Waals surface area (Å²) in [4.78, 5) is 10.4. The zero-order valence-corrected chi connectivity index (χ0v) is 8.76. The minimum absolute atomic E-state index is 0.260. The Kier molecular flexibility index (Phi) is 3.01. The summed E-state index contributed by atoms with van der Waals surface area (Å²) in [5.41, 5.74) is 0. The van der Waals surface area contributed by atoms with Crippen molar-refractivity contribution in [2.45, 2.75) is 19.4 Å². The monoisotopic (exact) mass is 209 g/mol. The predicted octanol–water partition coefficient (Wildman–Crippen LogP) is 0.446. The Morgan fingerprint density at radius 3 is 3.20 bits per heavy atom. The van der Waals surface area contributed by atoms with Gasteiger partial charge in [-0.2, -0.15) is 4.98 Å². The van der Waals surface area contributed by atoms with Crippen LogP contribution in [0, 0.1) is 0 Å². The van der Waals surface area contributed by atoms with Crippen LogP contribution in [-0.4, -0.2) is 40.9 Å². The minimum Gasteiger partial charge on any atom is -0.478 e. The third kappa shape index (κ3) is 2.36. The molecule has 0 bridgehead atoms. The first-order chi connectivity index (χ1) is 7.29. The van der Waals surface area contributed by atoms with Crippen LogP contribution in [0.4, 0.5) is 5.95 Å². The Morgan fingerprint density at radius 1 is 1.67 bits per heavy atom. The molecule has 0 radical (unpaired) electrons. The number of anilines is 1. The van der Waals surface area contributed by atoms with Gasteiger partial charge >= 0.3 is 0 Å². The molecule has 1 aromatic heterocycles. The van der Waals surface area contributed by atoms with E-state index in [1.165, 1.54) is 0 Å². The van der Waals surface area contributed by atoms with Gasteiger partial charge < -0.3 is 14.7 Å². The Bertz CT molecular complexity index is 332. The van der Waals surface area contributed by atoms with E-state index in [2.05, 4.69) is 9.97 Å². The van der Waals surface area contributed by atoms with Crippen molar-refractivity contribution in [1.29, 1.82) is 0 Å². The van der Waals surface area contributed by atoms with Crippen LogP contribution < -0.4 is 9.64 Å². The van der Waals surface area contributed by atoms with Crippen LogP contribution in [0.2, 0.25) is 0 Å². The molecular weight excluding hydrogens is 194 g/mol. The lowest BCUT2D eigenvalue weighted by Crippen LogP contribution is -2.23. The smallest absolute Gasteiger partial charge is 0.228 e. The van der Waals surface area contributed by atoms with E-state index in [1.807, 2.05) is 11.8 Å². The number of β-amino-alcohol motifs (C(OH)–C–C–N with tert-alkyl or cyclic N) is 1. The average molecular weight is 209 g/mol. The molecule has 5 nitrogen and oxygen atoms in total. The highest BCUT2D eigenvalue weighted by atomic mass is 16.5. The average Bonchev–Trinajstić information content (AvgIpc) is 2.66.